The monoisotopic (exact) mass is 205 g/mol. The van der Waals surface area contributed by atoms with Crippen LogP contribution in [0.4, 0.5) is 17.6 Å². The van der Waals surface area contributed by atoms with Gasteiger partial charge < -0.3 is 10.8 Å². The molecular weight excluding hydrogens is 194 g/mol. The maximum atomic E-state index is 12.0. The third-order valence-electron chi connectivity index (χ3n) is 0.728. The van der Waals surface area contributed by atoms with Gasteiger partial charge >= 0.3 is 12.1 Å². The molecule has 0 aromatic rings. The molecule has 0 bridgehead atoms. The normalized spacial score (nSPS) is 11.6. The molecule has 3 nitrogen and oxygen atoms in total. The molecule has 0 atom stereocenters. The van der Waals surface area contributed by atoms with Gasteiger partial charge in [-0.2, -0.15) is 13.2 Å². The van der Waals surface area contributed by atoms with Crippen molar-refractivity contribution >= 4 is 5.97 Å². The SMILES string of the molecule is CC(C)(F)CN.O=C(O)C(F)(F)F. The van der Waals surface area contributed by atoms with Gasteiger partial charge in [-0.05, 0) is 13.8 Å². The second kappa shape index (κ2) is 5.00. The lowest BCUT2D eigenvalue weighted by Gasteiger charge is -2.07. The molecule has 0 fully saturated rings. The highest BCUT2D eigenvalue weighted by Crippen LogP contribution is 2.13. The summed E-state index contributed by atoms with van der Waals surface area (Å²) in [6, 6.07) is 0. The van der Waals surface area contributed by atoms with Crippen LogP contribution < -0.4 is 5.73 Å². The predicted molar refractivity (Wildman–Crippen MR) is 37.9 cm³/mol. The molecule has 0 saturated carbocycles. The minimum Gasteiger partial charge on any atom is -0.475 e. The molecule has 0 aromatic heterocycles. The molecular formula is C6H11F4NO2. The summed E-state index contributed by atoms with van der Waals surface area (Å²) in [5, 5.41) is 7.12. The number of hydrogen-bond acceptors (Lipinski definition) is 2. The number of alkyl halides is 4. The van der Waals surface area contributed by atoms with Crippen LogP contribution in [-0.4, -0.2) is 29.5 Å². The Balaban J connectivity index is 0. The van der Waals surface area contributed by atoms with Gasteiger partial charge in [0, 0.05) is 6.54 Å². The number of aliphatic carboxylic acids is 1. The Morgan fingerprint density at radius 3 is 1.46 bits per heavy atom. The van der Waals surface area contributed by atoms with Gasteiger partial charge in [-0.3, -0.25) is 0 Å². The van der Waals surface area contributed by atoms with Crippen LogP contribution >= 0.6 is 0 Å². The maximum absolute atomic E-state index is 12.0. The predicted octanol–water partition coefficient (Wildman–Crippen LogP) is 1.33. The molecule has 0 aromatic carbocycles. The number of rotatable bonds is 1. The summed E-state index contributed by atoms with van der Waals surface area (Å²) in [5.74, 6) is -2.76. The Morgan fingerprint density at radius 1 is 1.31 bits per heavy atom. The van der Waals surface area contributed by atoms with Crippen molar-refractivity contribution in [1.29, 1.82) is 0 Å². The Labute approximate surface area is 72.5 Å². The molecule has 0 amide bonds. The van der Waals surface area contributed by atoms with E-state index >= 15 is 0 Å². The number of carboxylic acids is 1. The molecule has 0 heterocycles. The summed E-state index contributed by atoms with van der Waals surface area (Å²) < 4.78 is 43.7. The third kappa shape index (κ3) is 14.1. The van der Waals surface area contributed by atoms with Crippen LogP contribution in [0, 0.1) is 0 Å². The number of hydrogen-bond donors (Lipinski definition) is 2. The first-order valence-electron chi connectivity index (χ1n) is 3.20. The Morgan fingerprint density at radius 2 is 1.46 bits per heavy atom. The zero-order chi connectivity index (χ0) is 11.3. The third-order valence-corrected chi connectivity index (χ3v) is 0.728. The smallest absolute Gasteiger partial charge is 0.475 e. The summed E-state index contributed by atoms with van der Waals surface area (Å²) in [4.78, 5) is 8.90. The number of halogens is 4. The van der Waals surface area contributed by atoms with Gasteiger partial charge in [-0.15, -0.1) is 0 Å². The van der Waals surface area contributed by atoms with Gasteiger partial charge in [0.25, 0.3) is 0 Å². The molecule has 3 N–H and O–H groups in total. The summed E-state index contributed by atoms with van der Waals surface area (Å²) in [6.07, 6.45) is -5.08. The fraction of sp³-hybridized carbons (Fsp3) is 0.833. The van der Waals surface area contributed by atoms with Crippen molar-refractivity contribution in [1.82, 2.24) is 0 Å². The zero-order valence-corrected chi connectivity index (χ0v) is 7.15. The molecule has 0 spiro atoms. The van der Waals surface area contributed by atoms with Crippen LogP contribution in [0.3, 0.4) is 0 Å². The van der Waals surface area contributed by atoms with Gasteiger partial charge in [0.05, 0.1) is 0 Å². The Hall–Kier alpha value is -0.850. The molecule has 0 saturated heterocycles. The van der Waals surface area contributed by atoms with Crippen molar-refractivity contribution < 1.29 is 27.5 Å². The summed E-state index contributed by atoms with van der Waals surface area (Å²) in [6.45, 7) is 3.01. The van der Waals surface area contributed by atoms with Crippen molar-refractivity contribution in [3.8, 4) is 0 Å². The number of carboxylic acid groups (broad SMARTS) is 1. The number of nitrogens with two attached hydrogens (primary N) is 1. The first-order valence-corrected chi connectivity index (χ1v) is 3.20. The van der Waals surface area contributed by atoms with Crippen LogP contribution in [0.2, 0.25) is 0 Å². The van der Waals surface area contributed by atoms with E-state index in [9.17, 15) is 17.6 Å². The van der Waals surface area contributed by atoms with E-state index in [-0.39, 0.29) is 6.54 Å². The van der Waals surface area contributed by atoms with E-state index in [2.05, 4.69) is 0 Å². The Bertz CT molecular complexity index is 161. The van der Waals surface area contributed by atoms with Gasteiger partial charge in [-0.1, -0.05) is 0 Å². The fourth-order valence-corrected chi connectivity index (χ4v) is 0. The quantitative estimate of drug-likeness (QED) is 0.634. The summed E-state index contributed by atoms with van der Waals surface area (Å²) in [5.41, 5.74) is 3.75. The maximum Gasteiger partial charge on any atom is 0.490 e. The van der Waals surface area contributed by atoms with E-state index < -0.39 is 17.8 Å². The molecule has 7 heteroatoms. The van der Waals surface area contributed by atoms with Crippen LogP contribution in [0.15, 0.2) is 0 Å². The van der Waals surface area contributed by atoms with E-state index in [4.69, 9.17) is 15.6 Å². The molecule has 0 rings (SSSR count). The first kappa shape index (κ1) is 14.7. The van der Waals surface area contributed by atoms with Crippen LogP contribution in [0.1, 0.15) is 13.8 Å². The average Bonchev–Trinajstić information content (AvgIpc) is 1.85. The van der Waals surface area contributed by atoms with E-state index in [1.165, 1.54) is 13.8 Å². The lowest BCUT2D eigenvalue weighted by Crippen LogP contribution is -2.24. The van der Waals surface area contributed by atoms with E-state index in [1.807, 2.05) is 0 Å². The summed E-state index contributed by atoms with van der Waals surface area (Å²) >= 11 is 0. The highest BCUT2D eigenvalue weighted by Gasteiger charge is 2.38. The highest BCUT2D eigenvalue weighted by atomic mass is 19.4. The van der Waals surface area contributed by atoms with E-state index in [0.717, 1.165) is 0 Å². The molecule has 0 unspecified atom stereocenters. The zero-order valence-electron chi connectivity index (χ0n) is 7.15. The van der Waals surface area contributed by atoms with Crippen LogP contribution in [0.5, 0.6) is 0 Å². The van der Waals surface area contributed by atoms with Crippen LogP contribution in [-0.2, 0) is 4.79 Å². The molecule has 0 aliphatic carbocycles. The van der Waals surface area contributed by atoms with Crippen LogP contribution in [0.25, 0.3) is 0 Å². The molecule has 0 aliphatic rings. The van der Waals surface area contributed by atoms with E-state index in [0.29, 0.717) is 0 Å². The Kier molecular flexibility index (Phi) is 5.64. The topological polar surface area (TPSA) is 63.3 Å². The molecule has 0 aliphatic heterocycles. The lowest BCUT2D eigenvalue weighted by molar-refractivity contribution is -0.192. The van der Waals surface area contributed by atoms with Crippen molar-refractivity contribution in [2.75, 3.05) is 6.54 Å². The van der Waals surface area contributed by atoms with Gasteiger partial charge in [0.15, 0.2) is 0 Å². The van der Waals surface area contributed by atoms with Gasteiger partial charge in [-0.25, -0.2) is 9.18 Å². The highest BCUT2D eigenvalue weighted by molar-refractivity contribution is 5.73. The minimum atomic E-state index is -5.08. The summed E-state index contributed by atoms with van der Waals surface area (Å²) in [7, 11) is 0. The van der Waals surface area contributed by atoms with Crippen molar-refractivity contribution in [3.05, 3.63) is 0 Å². The van der Waals surface area contributed by atoms with Gasteiger partial charge in [0.2, 0.25) is 0 Å². The molecule has 13 heavy (non-hydrogen) atoms. The number of carbonyl (C=O) groups is 1. The standard InChI is InChI=1S/C4H10FN.C2HF3O2/c1-4(2,5)3-6;3-2(4,5)1(6)7/h3,6H2,1-2H3;(H,6,7). The molecule has 0 radical (unpaired) electrons. The van der Waals surface area contributed by atoms with Crippen molar-refractivity contribution in [2.45, 2.75) is 25.7 Å². The van der Waals surface area contributed by atoms with Crippen molar-refractivity contribution in [3.63, 3.8) is 0 Å². The second-order valence-corrected chi connectivity index (χ2v) is 2.73. The second-order valence-electron chi connectivity index (χ2n) is 2.73. The van der Waals surface area contributed by atoms with E-state index in [1.54, 1.807) is 0 Å². The van der Waals surface area contributed by atoms with Gasteiger partial charge in [0.1, 0.15) is 5.67 Å². The minimum absolute atomic E-state index is 0.104. The molecule has 80 valence electrons. The first-order chi connectivity index (χ1) is 5.50. The largest absolute Gasteiger partial charge is 0.490 e. The average molecular weight is 205 g/mol. The lowest BCUT2D eigenvalue weighted by atomic mass is 10.2. The fourth-order valence-electron chi connectivity index (χ4n) is 0. The van der Waals surface area contributed by atoms with Crippen molar-refractivity contribution in [2.24, 2.45) is 5.73 Å².